The van der Waals surface area contributed by atoms with Crippen LogP contribution in [0.25, 0.3) is 0 Å². The molecule has 1 fully saturated rings. The van der Waals surface area contributed by atoms with Crippen molar-refractivity contribution in [1.82, 2.24) is 9.88 Å². The van der Waals surface area contributed by atoms with Crippen LogP contribution in [0.15, 0.2) is 18.3 Å². The summed E-state index contributed by atoms with van der Waals surface area (Å²) >= 11 is 0. The first-order valence-electron chi connectivity index (χ1n) is 5.36. The van der Waals surface area contributed by atoms with E-state index in [4.69, 9.17) is 5.26 Å². The number of hydrogen-bond acceptors (Lipinski definition) is 3. The molecule has 0 N–H and O–H groups in total. The second kappa shape index (κ2) is 4.31. The van der Waals surface area contributed by atoms with Gasteiger partial charge < -0.3 is 4.90 Å². The fourth-order valence-corrected chi connectivity index (χ4v) is 1.87. The molecule has 4 heteroatoms. The Labute approximate surface area is 94.5 Å². The molecule has 1 aromatic rings. The van der Waals surface area contributed by atoms with Gasteiger partial charge in [-0.1, -0.05) is 6.92 Å². The summed E-state index contributed by atoms with van der Waals surface area (Å²) < 4.78 is 0. The van der Waals surface area contributed by atoms with E-state index < -0.39 is 0 Å². The maximum absolute atomic E-state index is 12.0. The fourth-order valence-electron chi connectivity index (χ4n) is 1.87. The third-order valence-electron chi connectivity index (χ3n) is 2.82. The number of rotatable bonds is 1. The molecule has 1 aromatic heterocycles. The molecule has 1 aliphatic heterocycles. The van der Waals surface area contributed by atoms with E-state index in [2.05, 4.69) is 11.9 Å². The molecule has 82 valence electrons. The Morgan fingerprint density at radius 1 is 1.62 bits per heavy atom. The van der Waals surface area contributed by atoms with E-state index in [9.17, 15) is 4.79 Å². The normalized spacial score (nSPS) is 19.5. The van der Waals surface area contributed by atoms with Crippen molar-refractivity contribution in [3.8, 4) is 6.07 Å². The van der Waals surface area contributed by atoms with Gasteiger partial charge >= 0.3 is 0 Å². The largest absolute Gasteiger partial charge is 0.337 e. The van der Waals surface area contributed by atoms with Crippen LogP contribution >= 0.6 is 0 Å². The summed E-state index contributed by atoms with van der Waals surface area (Å²) in [5.74, 6) is 0.538. The van der Waals surface area contributed by atoms with Crippen molar-refractivity contribution in [3.63, 3.8) is 0 Å². The van der Waals surface area contributed by atoms with E-state index in [-0.39, 0.29) is 5.91 Å². The standard InChI is InChI=1S/C12H13N3O/c1-9-4-5-15(8-9)12(16)11-3-2-10(6-13)7-14-11/h2-3,7,9H,4-5,8H2,1H3. The van der Waals surface area contributed by atoms with Gasteiger partial charge in [-0.15, -0.1) is 0 Å². The summed E-state index contributed by atoms with van der Waals surface area (Å²) in [6.07, 6.45) is 2.49. The SMILES string of the molecule is CC1CCN(C(=O)c2ccc(C#N)cn2)C1. The number of amides is 1. The van der Waals surface area contributed by atoms with Gasteiger partial charge in [-0.2, -0.15) is 5.26 Å². The lowest BCUT2D eigenvalue weighted by atomic mass is 10.2. The van der Waals surface area contributed by atoms with Crippen molar-refractivity contribution >= 4 is 5.91 Å². The number of carbonyl (C=O) groups excluding carboxylic acids is 1. The molecule has 4 nitrogen and oxygen atoms in total. The first kappa shape index (κ1) is 10.6. The van der Waals surface area contributed by atoms with Gasteiger partial charge in [0, 0.05) is 19.3 Å². The number of hydrogen-bond donors (Lipinski definition) is 0. The van der Waals surface area contributed by atoms with E-state index in [1.165, 1.54) is 6.20 Å². The highest BCUT2D eigenvalue weighted by atomic mass is 16.2. The van der Waals surface area contributed by atoms with Crippen LogP contribution in [0.3, 0.4) is 0 Å². The minimum atomic E-state index is -0.0335. The summed E-state index contributed by atoms with van der Waals surface area (Å²) in [5.41, 5.74) is 0.902. The van der Waals surface area contributed by atoms with Crippen LogP contribution in [0, 0.1) is 17.2 Å². The average molecular weight is 215 g/mol. The van der Waals surface area contributed by atoms with Crippen LogP contribution in [-0.4, -0.2) is 28.9 Å². The monoisotopic (exact) mass is 215 g/mol. The number of aromatic nitrogens is 1. The predicted octanol–water partition coefficient (Wildman–Crippen LogP) is 1.44. The van der Waals surface area contributed by atoms with Crippen molar-refractivity contribution in [1.29, 1.82) is 5.26 Å². The second-order valence-electron chi connectivity index (χ2n) is 4.19. The third-order valence-corrected chi connectivity index (χ3v) is 2.82. The molecular weight excluding hydrogens is 202 g/mol. The molecular formula is C12H13N3O. The summed E-state index contributed by atoms with van der Waals surface area (Å²) in [5, 5.41) is 8.63. The van der Waals surface area contributed by atoms with Gasteiger partial charge in [0.05, 0.1) is 5.56 Å². The number of likely N-dealkylation sites (tertiary alicyclic amines) is 1. The lowest BCUT2D eigenvalue weighted by Crippen LogP contribution is -2.29. The maximum atomic E-state index is 12.0. The Morgan fingerprint density at radius 2 is 2.44 bits per heavy atom. The molecule has 16 heavy (non-hydrogen) atoms. The van der Waals surface area contributed by atoms with Crippen LogP contribution < -0.4 is 0 Å². The zero-order valence-electron chi connectivity index (χ0n) is 9.18. The molecule has 0 aliphatic carbocycles. The number of pyridine rings is 1. The van der Waals surface area contributed by atoms with Crippen molar-refractivity contribution in [2.24, 2.45) is 5.92 Å². The number of carbonyl (C=O) groups is 1. The first-order chi connectivity index (χ1) is 7.70. The smallest absolute Gasteiger partial charge is 0.272 e. The van der Waals surface area contributed by atoms with Crippen LogP contribution in [0.5, 0.6) is 0 Å². The first-order valence-corrected chi connectivity index (χ1v) is 5.36. The molecule has 0 radical (unpaired) electrons. The molecule has 0 bridgehead atoms. The van der Waals surface area contributed by atoms with E-state index in [1.54, 1.807) is 12.1 Å². The Bertz CT molecular complexity index is 433. The zero-order chi connectivity index (χ0) is 11.5. The molecule has 2 heterocycles. The third kappa shape index (κ3) is 2.03. The molecule has 1 atom stereocenters. The van der Waals surface area contributed by atoms with Crippen molar-refractivity contribution < 1.29 is 4.79 Å². The number of nitriles is 1. The molecule has 2 rings (SSSR count). The molecule has 0 saturated carbocycles. The van der Waals surface area contributed by atoms with Gasteiger partial charge in [0.2, 0.25) is 0 Å². The predicted molar refractivity (Wildman–Crippen MR) is 58.6 cm³/mol. The van der Waals surface area contributed by atoms with Gasteiger partial charge in [-0.3, -0.25) is 4.79 Å². The van der Waals surface area contributed by atoms with Gasteiger partial charge in [0.25, 0.3) is 5.91 Å². The van der Waals surface area contributed by atoms with Crippen molar-refractivity contribution in [3.05, 3.63) is 29.6 Å². The topological polar surface area (TPSA) is 57.0 Å². The number of nitrogens with zero attached hydrogens (tertiary/aromatic N) is 3. The molecule has 1 amide bonds. The Balaban J connectivity index is 2.12. The van der Waals surface area contributed by atoms with E-state index in [0.29, 0.717) is 17.2 Å². The zero-order valence-corrected chi connectivity index (χ0v) is 9.18. The van der Waals surface area contributed by atoms with Gasteiger partial charge in [-0.25, -0.2) is 4.98 Å². The van der Waals surface area contributed by atoms with Gasteiger partial charge in [-0.05, 0) is 24.5 Å². The Hall–Kier alpha value is -1.89. The van der Waals surface area contributed by atoms with E-state index in [1.807, 2.05) is 11.0 Å². The Kier molecular flexibility index (Phi) is 2.86. The summed E-state index contributed by atoms with van der Waals surface area (Å²) in [6, 6.07) is 5.22. The minimum absolute atomic E-state index is 0.0335. The highest BCUT2D eigenvalue weighted by molar-refractivity contribution is 5.92. The molecule has 0 spiro atoms. The lowest BCUT2D eigenvalue weighted by Gasteiger charge is -2.14. The summed E-state index contributed by atoms with van der Waals surface area (Å²) in [7, 11) is 0. The molecule has 0 aromatic carbocycles. The maximum Gasteiger partial charge on any atom is 0.272 e. The molecule has 1 unspecified atom stereocenters. The van der Waals surface area contributed by atoms with Crippen LogP contribution in [0.1, 0.15) is 29.4 Å². The summed E-state index contributed by atoms with van der Waals surface area (Å²) in [4.78, 5) is 17.8. The molecule has 1 aliphatic rings. The quantitative estimate of drug-likeness (QED) is 0.712. The van der Waals surface area contributed by atoms with Gasteiger partial charge in [0.1, 0.15) is 11.8 Å². The highest BCUT2D eigenvalue weighted by Gasteiger charge is 2.24. The van der Waals surface area contributed by atoms with E-state index in [0.717, 1.165) is 19.5 Å². The average Bonchev–Trinajstić information content (AvgIpc) is 2.75. The Morgan fingerprint density at radius 3 is 2.94 bits per heavy atom. The molecule has 1 saturated heterocycles. The van der Waals surface area contributed by atoms with Crippen LogP contribution in [-0.2, 0) is 0 Å². The van der Waals surface area contributed by atoms with Gasteiger partial charge in [0.15, 0.2) is 0 Å². The summed E-state index contributed by atoms with van der Waals surface area (Å²) in [6.45, 7) is 3.75. The van der Waals surface area contributed by atoms with Crippen LogP contribution in [0.4, 0.5) is 0 Å². The second-order valence-corrected chi connectivity index (χ2v) is 4.19. The highest BCUT2D eigenvalue weighted by Crippen LogP contribution is 2.17. The fraction of sp³-hybridized carbons (Fsp3) is 0.417. The van der Waals surface area contributed by atoms with Crippen molar-refractivity contribution in [2.45, 2.75) is 13.3 Å². The lowest BCUT2D eigenvalue weighted by molar-refractivity contribution is 0.0782. The van der Waals surface area contributed by atoms with E-state index >= 15 is 0 Å². The van der Waals surface area contributed by atoms with Crippen LogP contribution in [0.2, 0.25) is 0 Å². The van der Waals surface area contributed by atoms with Crippen molar-refractivity contribution in [2.75, 3.05) is 13.1 Å². The minimum Gasteiger partial charge on any atom is -0.337 e.